The fourth-order valence-electron chi connectivity index (χ4n) is 1.70. The number of hydrogen-bond donors (Lipinski definition) is 2. The molecule has 5 nitrogen and oxygen atoms in total. The molecule has 5 heteroatoms. The zero-order chi connectivity index (χ0) is 14.1. The van der Waals surface area contributed by atoms with Crippen molar-refractivity contribution in [1.29, 1.82) is 0 Å². The van der Waals surface area contributed by atoms with Gasteiger partial charge in [0.25, 0.3) is 0 Å². The highest BCUT2D eigenvalue weighted by atomic mass is 16.5. The lowest BCUT2D eigenvalue weighted by Crippen LogP contribution is -2.36. The van der Waals surface area contributed by atoms with Crippen LogP contribution in [0, 0.1) is 0 Å². The van der Waals surface area contributed by atoms with Crippen LogP contribution in [-0.4, -0.2) is 44.1 Å². The lowest BCUT2D eigenvalue weighted by atomic mass is 10.2. The standard InChI is InChI=1S/C14H23N3O2/c1-3-16-14(18)11-17(2)8-9-19-13-7-5-4-6-12(13)10-15/h4-7H,3,8-11,15H2,1-2H3,(H,16,18). The van der Waals surface area contributed by atoms with Crippen molar-refractivity contribution in [2.45, 2.75) is 13.5 Å². The van der Waals surface area contributed by atoms with Gasteiger partial charge in [0.1, 0.15) is 12.4 Å². The summed E-state index contributed by atoms with van der Waals surface area (Å²) in [5.41, 5.74) is 6.63. The van der Waals surface area contributed by atoms with Crippen LogP contribution in [-0.2, 0) is 11.3 Å². The topological polar surface area (TPSA) is 67.6 Å². The van der Waals surface area contributed by atoms with Crippen molar-refractivity contribution < 1.29 is 9.53 Å². The van der Waals surface area contributed by atoms with E-state index < -0.39 is 0 Å². The quantitative estimate of drug-likeness (QED) is 0.722. The van der Waals surface area contributed by atoms with Gasteiger partial charge < -0.3 is 15.8 Å². The maximum atomic E-state index is 11.4. The fourth-order valence-corrected chi connectivity index (χ4v) is 1.70. The summed E-state index contributed by atoms with van der Waals surface area (Å²) in [7, 11) is 1.90. The Labute approximate surface area is 114 Å². The zero-order valence-corrected chi connectivity index (χ0v) is 11.7. The first-order valence-corrected chi connectivity index (χ1v) is 6.53. The van der Waals surface area contributed by atoms with Crippen LogP contribution in [0.1, 0.15) is 12.5 Å². The van der Waals surface area contributed by atoms with E-state index in [-0.39, 0.29) is 5.91 Å². The summed E-state index contributed by atoms with van der Waals surface area (Å²) in [4.78, 5) is 13.3. The molecule has 0 aliphatic rings. The van der Waals surface area contributed by atoms with E-state index in [0.717, 1.165) is 11.3 Å². The van der Waals surface area contributed by atoms with E-state index in [1.807, 2.05) is 43.1 Å². The van der Waals surface area contributed by atoms with Gasteiger partial charge in [0, 0.05) is 25.2 Å². The van der Waals surface area contributed by atoms with Crippen molar-refractivity contribution in [2.75, 3.05) is 33.3 Å². The van der Waals surface area contributed by atoms with E-state index in [1.54, 1.807) is 0 Å². The van der Waals surface area contributed by atoms with Crippen LogP contribution in [0.3, 0.4) is 0 Å². The minimum absolute atomic E-state index is 0.0346. The zero-order valence-electron chi connectivity index (χ0n) is 11.7. The molecule has 0 fully saturated rings. The molecule has 0 atom stereocenters. The summed E-state index contributed by atoms with van der Waals surface area (Å²) in [6.07, 6.45) is 0. The molecule has 1 aromatic carbocycles. The number of nitrogens with one attached hydrogen (secondary N) is 1. The molecule has 0 saturated carbocycles. The highest BCUT2D eigenvalue weighted by molar-refractivity contribution is 5.77. The smallest absolute Gasteiger partial charge is 0.234 e. The molecule has 0 unspecified atom stereocenters. The van der Waals surface area contributed by atoms with Crippen LogP contribution in [0.15, 0.2) is 24.3 Å². The SMILES string of the molecule is CCNC(=O)CN(C)CCOc1ccccc1CN. The second kappa shape index (κ2) is 8.50. The van der Waals surface area contributed by atoms with Gasteiger partial charge in [-0.1, -0.05) is 18.2 Å². The maximum Gasteiger partial charge on any atom is 0.234 e. The molecule has 0 bridgehead atoms. The molecule has 0 heterocycles. The monoisotopic (exact) mass is 265 g/mol. The summed E-state index contributed by atoms with van der Waals surface area (Å²) in [5.74, 6) is 0.851. The van der Waals surface area contributed by atoms with Crippen LogP contribution in [0.25, 0.3) is 0 Å². The first-order valence-electron chi connectivity index (χ1n) is 6.53. The molecule has 106 valence electrons. The van der Waals surface area contributed by atoms with Gasteiger partial charge in [-0.25, -0.2) is 0 Å². The van der Waals surface area contributed by atoms with E-state index in [4.69, 9.17) is 10.5 Å². The summed E-state index contributed by atoms with van der Waals surface area (Å²) in [5, 5.41) is 2.76. The van der Waals surface area contributed by atoms with E-state index in [1.165, 1.54) is 0 Å². The van der Waals surface area contributed by atoms with Crippen molar-refractivity contribution in [1.82, 2.24) is 10.2 Å². The Hall–Kier alpha value is -1.59. The molecule has 0 aliphatic heterocycles. The van der Waals surface area contributed by atoms with Gasteiger partial charge in [0.2, 0.25) is 5.91 Å². The molecular formula is C14H23N3O2. The Bertz CT molecular complexity index is 396. The molecule has 1 aromatic rings. The predicted octanol–water partition coefficient (Wildman–Crippen LogP) is 0.592. The summed E-state index contributed by atoms with van der Waals surface area (Å²) < 4.78 is 5.69. The second-order valence-corrected chi connectivity index (χ2v) is 4.35. The molecule has 1 amide bonds. The predicted molar refractivity (Wildman–Crippen MR) is 76.0 cm³/mol. The van der Waals surface area contributed by atoms with Crippen molar-refractivity contribution in [2.24, 2.45) is 5.73 Å². The van der Waals surface area contributed by atoms with Gasteiger partial charge in [0.15, 0.2) is 0 Å². The number of rotatable bonds is 8. The summed E-state index contributed by atoms with van der Waals surface area (Å²) in [6.45, 7) is 4.64. The largest absolute Gasteiger partial charge is 0.492 e. The number of carbonyl (C=O) groups excluding carboxylic acids is 1. The minimum Gasteiger partial charge on any atom is -0.492 e. The average Bonchev–Trinajstić information content (AvgIpc) is 2.39. The van der Waals surface area contributed by atoms with Crippen molar-refractivity contribution in [3.8, 4) is 5.75 Å². The average molecular weight is 265 g/mol. The third-order valence-electron chi connectivity index (χ3n) is 2.71. The molecule has 1 rings (SSSR count). The number of likely N-dealkylation sites (N-methyl/N-ethyl adjacent to an activating group) is 2. The molecular weight excluding hydrogens is 242 g/mol. The van der Waals surface area contributed by atoms with Crippen molar-refractivity contribution >= 4 is 5.91 Å². The number of amides is 1. The van der Waals surface area contributed by atoms with Gasteiger partial charge in [-0.3, -0.25) is 9.69 Å². The van der Waals surface area contributed by atoms with Crippen molar-refractivity contribution in [3.05, 3.63) is 29.8 Å². The fraction of sp³-hybridized carbons (Fsp3) is 0.500. The minimum atomic E-state index is 0.0346. The molecule has 0 spiro atoms. The van der Waals surface area contributed by atoms with E-state index in [0.29, 0.717) is 32.8 Å². The Morgan fingerprint density at radius 3 is 2.84 bits per heavy atom. The van der Waals surface area contributed by atoms with Crippen molar-refractivity contribution in [3.63, 3.8) is 0 Å². The molecule has 0 aromatic heterocycles. The van der Waals surface area contributed by atoms with E-state index in [9.17, 15) is 4.79 Å². The first-order chi connectivity index (χ1) is 9.17. The van der Waals surface area contributed by atoms with Crippen LogP contribution >= 0.6 is 0 Å². The van der Waals surface area contributed by atoms with E-state index in [2.05, 4.69) is 5.32 Å². The van der Waals surface area contributed by atoms with Crippen LogP contribution in [0.2, 0.25) is 0 Å². The van der Waals surface area contributed by atoms with Gasteiger partial charge in [-0.05, 0) is 20.0 Å². The van der Waals surface area contributed by atoms with Gasteiger partial charge in [0.05, 0.1) is 6.54 Å². The Morgan fingerprint density at radius 2 is 2.16 bits per heavy atom. The van der Waals surface area contributed by atoms with Gasteiger partial charge >= 0.3 is 0 Å². The van der Waals surface area contributed by atoms with Crippen LogP contribution in [0.4, 0.5) is 0 Å². The number of ether oxygens (including phenoxy) is 1. The highest BCUT2D eigenvalue weighted by Crippen LogP contribution is 2.16. The van der Waals surface area contributed by atoms with E-state index >= 15 is 0 Å². The second-order valence-electron chi connectivity index (χ2n) is 4.35. The number of hydrogen-bond acceptors (Lipinski definition) is 4. The molecule has 0 radical (unpaired) electrons. The Kier molecular flexibility index (Phi) is 6.92. The number of nitrogens with zero attached hydrogens (tertiary/aromatic N) is 1. The molecule has 3 N–H and O–H groups in total. The lowest BCUT2D eigenvalue weighted by molar-refractivity contribution is -0.121. The molecule has 19 heavy (non-hydrogen) atoms. The first kappa shape index (κ1) is 15.5. The third-order valence-corrected chi connectivity index (χ3v) is 2.71. The maximum absolute atomic E-state index is 11.4. The third kappa shape index (κ3) is 5.72. The molecule has 0 aliphatic carbocycles. The van der Waals surface area contributed by atoms with Crippen LogP contribution < -0.4 is 15.8 Å². The van der Waals surface area contributed by atoms with Gasteiger partial charge in [-0.15, -0.1) is 0 Å². The number of para-hydroxylation sites is 1. The lowest BCUT2D eigenvalue weighted by Gasteiger charge is -2.17. The number of benzene rings is 1. The Balaban J connectivity index is 2.31. The van der Waals surface area contributed by atoms with Gasteiger partial charge in [-0.2, -0.15) is 0 Å². The highest BCUT2D eigenvalue weighted by Gasteiger charge is 2.06. The summed E-state index contributed by atoms with van der Waals surface area (Å²) >= 11 is 0. The normalized spacial score (nSPS) is 10.5. The number of nitrogens with two attached hydrogens (primary N) is 1. The molecule has 0 saturated heterocycles. The Morgan fingerprint density at radius 1 is 1.42 bits per heavy atom. The van der Waals surface area contributed by atoms with Crippen LogP contribution in [0.5, 0.6) is 5.75 Å². The summed E-state index contributed by atoms with van der Waals surface area (Å²) in [6, 6.07) is 7.73. The number of carbonyl (C=O) groups is 1.